The lowest BCUT2D eigenvalue weighted by atomic mass is 9.81. The van der Waals surface area contributed by atoms with Crippen LogP contribution in [0.2, 0.25) is 0 Å². The van der Waals surface area contributed by atoms with Crippen molar-refractivity contribution < 1.29 is 23.8 Å². The monoisotopic (exact) mass is 412 g/mol. The van der Waals surface area contributed by atoms with E-state index in [2.05, 4.69) is 10.3 Å². The van der Waals surface area contributed by atoms with E-state index < -0.39 is 17.4 Å². The number of aryl methyl sites for hydroxylation is 1. The Balaban J connectivity index is 1.82. The summed E-state index contributed by atoms with van der Waals surface area (Å²) in [5, 5.41) is 12.1. The highest BCUT2D eigenvalue weighted by Gasteiger charge is 2.43. The van der Waals surface area contributed by atoms with Crippen molar-refractivity contribution in [3.8, 4) is 5.75 Å². The first-order valence-corrected chi connectivity index (χ1v) is 9.73. The summed E-state index contributed by atoms with van der Waals surface area (Å²) in [5.74, 6) is -1.42. The molecule has 0 saturated heterocycles. The fraction of sp³-hybridized carbons (Fsp3) is 0.190. The van der Waals surface area contributed by atoms with Crippen LogP contribution in [-0.2, 0) is 5.54 Å². The molecule has 1 aromatic carbocycles. The van der Waals surface area contributed by atoms with Crippen LogP contribution in [0.25, 0.3) is 0 Å². The number of aromatic carboxylic acids is 1. The van der Waals surface area contributed by atoms with Gasteiger partial charge in [0.2, 0.25) is 0 Å². The molecular weight excluding hydrogens is 395 g/mol. The minimum Gasteiger partial charge on any atom is -0.491 e. The number of fused-ring (bicyclic) bond motifs is 1. The summed E-state index contributed by atoms with van der Waals surface area (Å²) in [6.07, 6.45) is 1.94. The second kappa shape index (κ2) is 7.29. The first-order valence-electron chi connectivity index (χ1n) is 8.91. The SMILES string of the molecule is Cc1ccc([C@@]2(NC(=O)c3ccc(C(=O)O)s3)CCOc3cccnc32)cc1F. The average molecular weight is 412 g/mol. The van der Waals surface area contributed by atoms with E-state index in [0.717, 1.165) is 11.3 Å². The molecule has 4 rings (SSSR count). The molecule has 2 N–H and O–H groups in total. The van der Waals surface area contributed by atoms with Gasteiger partial charge in [0.05, 0.1) is 11.5 Å². The molecule has 1 atom stereocenters. The van der Waals surface area contributed by atoms with Crippen LogP contribution in [0.4, 0.5) is 4.39 Å². The van der Waals surface area contributed by atoms with Gasteiger partial charge in [-0.15, -0.1) is 11.3 Å². The number of rotatable bonds is 4. The summed E-state index contributed by atoms with van der Waals surface area (Å²) in [6, 6.07) is 11.1. The molecule has 1 aliphatic heterocycles. The molecule has 1 aliphatic rings. The molecule has 0 aliphatic carbocycles. The van der Waals surface area contributed by atoms with Gasteiger partial charge in [0, 0.05) is 12.6 Å². The van der Waals surface area contributed by atoms with E-state index in [1.807, 2.05) is 0 Å². The predicted octanol–water partition coefficient (Wildman–Crippen LogP) is 3.74. The average Bonchev–Trinajstić information content (AvgIpc) is 3.21. The van der Waals surface area contributed by atoms with Crippen LogP contribution in [0.15, 0.2) is 48.7 Å². The zero-order valence-corrected chi connectivity index (χ0v) is 16.3. The third-order valence-electron chi connectivity index (χ3n) is 4.94. The molecule has 2 aromatic heterocycles. The summed E-state index contributed by atoms with van der Waals surface area (Å²) < 4.78 is 20.1. The zero-order valence-electron chi connectivity index (χ0n) is 15.4. The van der Waals surface area contributed by atoms with Crippen molar-refractivity contribution in [2.75, 3.05) is 6.61 Å². The predicted molar refractivity (Wildman–Crippen MR) is 105 cm³/mol. The van der Waals surface area contributed by atoms with Gasteiger partial charge in [-0.05, 0) is 48.4 Å². The maximum atomic E-state index is 14.4. The molecule has 0 saturated carbocycles. The second-order valence-electron chi connectivity index (χ2n) is 6.74. The number of thiophene rings is 1. The van der Waals surface area contributed by atoms with E-state index in [0.29, 0.717) is 35.6 Å². The van der Waals surface area contributed by atoms with Crippen LogP contribution >= 0.6 is 11.3 Å². The number of carboxylic acids is 1. The molecule has 0 unspecified atom stereocenters. The highest BCUT2D eigenvalue weighted by atomic mass is 32.1. The molecule has 1 amide bonds. The lowest BCUT2D eigenvalue weighted by Crippen LogP contribution is -2.50. The number of carboxylic acid groups (broad SMARTS) is 1. The molecule has 6 nitrogen and oxygen atoms in total. The standard InChI is InChI=1S/C21H17FN2O4S/c1-12-4-5-13(11-14(12)22)21(8-10-28-15-3-2-9-23-18(15)21)24-19(25)16-6-7-17(29-16)20(26)27/h2-7,9,11H,8,10H2,1H3,(H,24,25)(H,26,27)/t21-/m0/s1. The molecule has 29 heavy (non-hydrogen) atoms. The molecule has 3 aromatic rings. The number of ether oxygens (including phenoxy) is 1. The molecule has 0 radical (unpaired) electrons. The van der Waals surface area contributed by atoms with E-state index in [1.165, 1.54) is 18.2 Å². The number of benzene rings is 1. The number of hydrogen-bond donors (Lipinski definition) is 2. The number of aromatic nitrogens is 1. The fourth-order valence-electron chi connectivity index (χ4n) is 3.42. The number of pyridine rings is 1. The highest BCUT2D eigenvalue weighted by molar-refractivity contribution is 7.15. The van der Waals surface area contributed by atoms with Crippen LogP contribution < -0.4 is 10.1 Å². The van der Waals surface area contributed by atoms with Crippen LogP contribution in [0.3, 0.4) is 0 Å². The number of halogens is 1. The maximum absolute atomic E-state index is 14.4. The Labute approximate surface area is 170 Å². The molecule has 8 heteroatoms. The normalized spacial score (nSPS) is 17.9. The Morgan fingerprint density at radius 2 is 2.03 bits per heavy atom. The smallest absolute Gasteiger partial charge is 0.345 e. The van der Waals surface area contributed by atoms with E-state index in [-0.39, 0.29) is 15.6 Å². The molecule has 0 spiro atoms. The van der Waals surface area contributed by atoms with Gasteiger partial charge in [-0.1, -0.05) is 12.1 Å². The molecule has 0 bridgehead atoms. The van der Waals surface area contributed by atoms with Gasteiger partial charge in [-0.2, -0.15) is 0 Å². The lowest BCUT2D eigenvalue weighted by Gasteiger charge is -2.39. The number of nitrogens with zero attached hydrogens (tertiary/aromatic N) is 1. The van der Waals surface area contributed by atoms with Gasteiger partial charge >= 0.3 is 5.97 Å². The minimum atomic E-state index is -1.10. The van der Waals surface area contributed by atoms with Gasteiger partial charge < -0.3 is 15.2 Å². The number of carbonyl (C=O) groups is 2. The number of carbonyl (C=O) groups excluding carboxylic acids is 1. The number of amides is 1. The van der Waals surface area contributed by atoms with Gasteiger partial charge in [-0.25, -0.2) is 9.18 Å². The first kappa shape index (κ1) is 19.1. The minimum absolute atomic E-state index is 0.0658. The van der Waals surface area contributed by atoms with E-state index in [4.69, 9.17) is 9.84 Å². The Morgan fingerprint density at radius 1 is 1.24 bits per heavy atom. The molecule has 0 fully saturated rings. The first-order chi connectivity index (χ1) is 13.9. The van der Waals surface area contributed by atoms with Gasteiger partial charge in [-0.3, -0.25) is 9.78 Å². The van der Waals surface area contributed by atoms with Crippen LogP contribution in [0, 0.1) is 12.7 Å². The Bertz CT molecular complexity index is 1110. The quantitative estimate of drug-likeness (QED) is 0.681. The van der Waals surface area contributed by atoms with Gasteiger partial charge in [0.1, 0.15) is 27.7 Å². The van der Waals surface area contributed by atoms with Crippen LogP contribution in [0.1, 0.15) is 42.6 Å². The summed E-state index contributed by atoms with van der Waals surface area (Å²) in [7, 11) is 0. The van der Waals surface area contributed by atoms with Crippen LogP contribution in [0.5, 0.6) is 5.75 Å². The topological polar surface area (TPSA) is 88.5 Å². The van der Waals surface area contributed by atoms with Crippen molar-refractivity contribution in [2.24, 2.45) is 0 Å². The number of nitrogens with one attached hydrogen (secondary N) is 1. The van der Waals surface area contributed by atoms with Crippen molar-refractivity contribution in [1.29, 1.82) is 0 Å². The molecular formula is C21H17FN2O4S. The van der Waals surface area contributed by atoms with Gasteiger partial charge in [0.15, 0.2) is 0 Å². The Morgan fingerprint density at radius 3 is 2.76 bits per heavy atom. The molecule has 148 valence electrons. The van der Waals surface area contributed by atoms with Crippen molar-refractivity contribution in [1.82, 2.24) is 10.3 Å². The largest absolute Gasteiger partial charge is 0.491 e. The summed E-state index contributed by atoms with van der Waals surface area (Å²) >= 11 is 0.881. The number of hydrogen-bond acceptors (Lipinski definition) is 5. The maximum Gasteiger partial charge on any atom is 0.345 e. The van der Waals surface area contributed by atoms with Crippen molar-refractivity contribution >= 4 is 23.2 Å². The zero-order chi connectivity index (χ0) is 20.6. The summed E-state index contributed by atoms with van der Waals surface area (Å²) in [4.78, 5) is 28.9. The summed E-state index contributed by atoms with van der Waals surface area (Å²) in [6.45, 7) is 1.97. The Kier molecular flexibility index (Phi) is 4.79. The molecule has 3 heterocycles. The van der Waals surface area contributed by atoms with E-state index >= 15 is 0 Å². The Hall–Kier alpha value is -3.26. The van der Waals surface area contributed by atoms with Crippen molar-refractivity contribution in [3.05, 3.63) is 81.1 Å². The second-order valence-corrected chi connectivity index (χ2v) is 7.82. The van der Waals surface area contributed by atoms with Crippen LogP contribution in [-0.4, -0.2) is 28.6 Å². The fourth-order valence-corrected chi connectivity index (χ4v) is 4.16. The third-order valence-corrected chi connectivity index (χ3v) is 6.01. The highest BCUT2D eigenvalue weighted by Crippen LogP contribution is 2.41. The summed E-state index contributed by atoms with van der Waals surface area (Å²) in [5.41, 5.74) is 0.423. The van der Waals surface area contributed by atoms with Crippen molar-refractivity contribution in [3.63, 3.8) is 0 Å². The van der Waals surface area contributed by atoms with Gasteiger partial charge in [0.25, 0.3) is 5.91 Å². The van der Waals surface area contributed by atoms with Crippen molar-refractivity contribution in [2.45, 2.75) is 18.9 Å². The lowest BCUT2D eigenvalue weighted by molar-refractivity contribution is 0.0702. The third kappa shape index (κ3) is 3.36. The van der Waals surface area contributed by atoms with E-state index in [9.17, 15) is 14.0 Å². The van der Waals surface area contributed by atoms with E-state index in [1.54, 1.807) is 37.4 Å².